The molecule has 1 amide bonds. The minimum absolute atomic E-state index is 0.00977. The third-order valence-electron chi connectivity index (χ3n) is 6.40. The zero-order valence-electron chi connectivity index (χ0n) is 20.4. The standard InChI is InChI=1S/C21H30N8O2/c1-3-17(30)14-10-23-18(26-21(31)12-4-5-12)8-15(14)25-20-19-16(6-7-22-20)29-13(9-24-27-29)11-28(19)2/h8-10,12,16,19-20,22,24,27H,3-7,11H2,1-2H3,(H2,23,25,26,31)/i1D3. The molecule has 31 heavy (non-hydrogen) atoms. The van der Waals surface area contributed by atoms with E-state index in [-0.39, 0.29) is 35.6 Å². The number of amides is 1. The minimum atomic E-state index is -2.39. The lowest BCUT2D eigenvalue weighted by Crippen LogP contribution is -2.70. The second-order valence-corrected chi connectivity index (χ2v) is 8.58. The van der Waals surface area contributed by atoms with Crippen molar-refractivity contribution in [2.45, 2.75) is 50.8 Å². The number of nitrogens with one attached hydrogen (secondary N) is 5. The van der Waals surface area contributed by atoms with Gasteiger partial charge in [0.15, 0.2) is 5.78 Å². The molecule has 1 aliphatic carbocycles. The van der Waals surface area contributed by atoms with Crippen LogP contribution in [0, 0.1) is 5.92 Å². The molecule has 4 aliphatic rings. The van der Waals surface area contributed by atoms with Gasteiger partial charge in [-0.05, 0) is 32.9 Å². The van der Waals surface area contributed by atoms with E-state index in [0.29, 0.717) is 11.5 Å². The molecule has 3 aliphatic heterocycles. The van der Waals surface area contributed by atoms with Crippen LogP contribution in [0.2, 0.25) is 0 Å². The maximum atomic E-state index is 12.9. The van der Waals surface area contributed by atoms with Crippen molar-refractivity contribution in [1.29, 1.82) is 0 Å². The van der Waals surface area contributed by atoms with Crippen molar-refractivity contribution < 1.29 is 13.7 Å². The van der Waals surface area contributed by atoms with Crippen LogP contribution in [0.5, 0.6) is 0 Å². The van der Waals surface area contributed by atoms with Gasteiger partial charge in [0.05, 0.1) is 35.2 Å². The second kappa shape index (κ2) is 8.10. The molecule has 3 atom stereocenters. The van der Waals surface area contributed by atoms with Gasteiger partial charge in [0.1, 0.15) is 5.82 Å². The number of rotatable bonds is 6. The quantitative estimate of drug-likeness (QED) is 0.415. The summed E-state index contributed by atoms with van der Waals surface area (Å²) < 4.78 is 22.5. The molecule has 5 N–H and O–H groups in total. The fourth-order valence-electron chi connectivity index (χ4n) is 4.67. The SMILES string of the molecule is [2H]C([2H])([2H])CC(=O)c1cnc(NC(=O)C2CC2)cc1NC1NCCC2C1N(C)CC1=CNNN12. The Hall–Kier alpha value is -2.69. The highest BCUT2D eigenvalue weighted by Gasteiger charge is 2.45. The van der Waals surface area contributed by atoms with Crippen molar-refractivity contribution in [2.75, 3.05) is 30.8 Å². The molecular weight excluding hydrogens is 396 g/mol. The predicted molar refractivity (Wildman–Crippen MR) is 117 cm³/mol. The number of carbonyl (C=O) groups excluding carboxylic acids is 2. The first-order chi connectivity index (χ1) is 16.2. The Bertz CT molecular complexity index is 1010. The molecule has 1 aromatic heterocycles. The summed E-state index contributed by atoms with van der Waals surface area (Å²) in [6.45, 7) is -0.889. The van der Waals surface area contributed by atoms with E-state index in [1.54, 1.807) is 6.07 Å². The van der Waals surface area contributed by atoms with Gasteiger partial charge in [-0.2, -0.15) is 0 Å². The second-order valence-electron chi connectivity index (χ2n) is 8.58. The van der Waals surface area contributed by atoms with Gasteiger partial charge >= 0.3 is 0 Å². The number of aromatic nitrogens is 1. The van der Waals surface area contributed by atoms with Gasteiger partial charge in [-0.25, -0.2) is 4.98 Å². The fraction of sp³-hybridized carbons (Fsp3) is 0.571. The molecular formula is C21H30N8O2. The highest BCUT2D eigenvalue weighted by atomic mass is 16.2. The highest BCUT2D eigenvalue weighted by Crippen LogP contribution is 2.32. The van der Waals surface area contributed by atoms with Crippen molar-refractivity contribution in [3.63, 3.8) is 0 Å². The molecule has 0 spiro atoms. The number of Topliss-reactive ketones (excluding diaryl/α,β-unsaturated/α-hetero) is 1. The Kier molecular flexibility index (Phi) is 4.43. The van der Waals surface area contributed by atoms with Crippen LogP contribution in [0.15, 0.2) is 24.2 Å². The Morgan fingerprint density at radius 1 is 1.35 bits per heavy atom. The molecule has 4 heterocycles. The molecule has 0 aromatic carbocycles. The highest BCUT2D eigenvalue weighted by molar-refractivity contribution is 6.02. The number of ketones is 1. The average molecular weight is 430 g/mol. The van der Waals surface area contributed by atoms with Gasteiger partial charge in [0, 0.05) is 41.5 Å². The molecule has 10 heteroatoms. The zero-order chi connectivity index (χ0) is 24.0. The van der Waals surface area contributed by atoms with Crippen molar-refractivity contribution in [2.24, 2.45) is 5.92 Å². The number of piperidine rings is 1. The van der Waals surface area contributed by atoms with E-state index in [9.17, 15) is 9.59 Å². The number of hydrogen-bond donors (Lipinski definition) is 5. The molecule has 0 radical (unpaired) electrons. The van der Waals surface area contributed by atoms with Gasteiger partial charge in [0.2, 0.25) is 5.91 Å². The Balaban J connectivity index is 1.42. The third-order valence-corrected chi connectivity index (χ3v) is 6.40. The summed E-state index contributed by atoms with van der Waals surface area (Å²) in [5, 5.41) is 11.9. The number of piperazine rings is 1. The van der Waals surface area contributed by atoms with Crippen LogP contribution < -0.4 is 26.9 Å². The maximum absolute atomic E-state index is 12.9. The van der Waals surface area contributed by atoms with E-state index < -0.39 is 19.1 Å². The summed E-state index contributed by atoms with van der Waals surface area (Å²) in [6, 6.07) is 1.86. The molecule has 5 rings (SSSR count). The smallest absolute Gasteiger partial charge is 0.228 e. The predicted octanol–water partition coefficient (Wildman–Crippen LogP) is 0.603. The first-order valence-corrected chi connectivity index (χ1v) is 10.7. The lowest BCUT2D eigenvalue weighted by molar-refractivity contribution is -0.117. The summed E-state index contributed by atoms with van der Waals surface area (Å²) >= 11 is 0. The summed E-state index contributed by atoms with van der Waals surface area (Å²) in [6.07, 6.45) is 5.16. The van der Waals surface area contributed by atoms with Crippen LogP contribution in [0.3, 0.4) is 0 Å². The number of hydrogen-bond acceptors (Lipinski definition) is 9. The maximum Gasteiger partial charge on any atom is 0.228 e. The van der Waals surface area contributed by atoms with Crippen LogP contribution in [0.4, 0.5) is 11.5 Å². The molecule has 1 saturated carbocycles. The summed E-state index contributed by atoms with van der Waals surface area (Å²) in [5.74, 6) is -0.259. The van der Waals surface area contributed by atoms with Crippen molar-refractivity contribution >= 4 is 23.2 Å². The fourth-order valence-corrected chi connectivity index (χ4v) is 4.67. The van der Waals surface area contributed by atoms with Crippen LogP contribution in [0.25, 0.3) is 0 Å². The topological polar surface area (TPSA) is 114 Å². The summed E-state index contributed by atoms with van der Waals surface area (Å²) in [4.78, 5) is 31.6. The van der Waals surface area contributed by atoms with Gasteiger partial charge in [-0.1, -0.05) is 6.85 Å². The van der Waals surface area contributed by atoms with Crippen molar-refractivity contribution in [3.8, 4) is 0 Å². The number of likely N-dealkylation sites (N-methyl/N-ethyl adjacent to an activating group) is 1. The first-order valence-electron chi connectivity index (χ1n) is 12.2. The zero-order valence-corrected chi connectivity index (χ0v) is 17.4. The molecule has 10 nitrogen and oxygen atoms in total. The number of hydrazine groups is 2. The van der Waals surface area contributed by atoms with E-state index in [1.807, 2.05) is 6.20 Å². The monoisotopic (exact) mass is 429 g/mol. The average Bonchev–Trinajstić information content (AvgIpc) is 3.51. The Morgan fingerprint density at radius 2 is 2.23 bits per heavy atom. The largest absolute Gasteiger partial charge is 0.368 e. The molecule has 166 valence electrons. The van der Waals surface area contributed by atoms with E-state index in [1.165, 1.54) is 6.20 Å². The van der Waals surface area contributed by atoms with Crippen molar-refractivity contribution in [3.05, 3.63) is 29.7 Å². The normalized spacial score (nSPS) is 29.5. The van der Waals surface area contributed by atoms with Crippen molar-refractivity contribution in [1.82, 2.24) is 31.2 Å². The van der Waals surface area contributed by atoms with E-state index in [4.69, 9.17) is 4.11 Å². The Morgan fingerprint density at radius 3 is 3.03 bits per heavy atom. The lowest BCUT2D eigenvalue weighted by atomic mass is 9.92. The van der Waals surface area contributed by atoms with Gasteiger partial charge in [-0.3, -0.25) is 24.8 Å². The summed E-state index contributed by atoms with van der Waals surface area (Å²) in [7, 11) is 2.06. The van der Waals surface area contributed by atoms with Gasteiger partial charge < -0.3 is 16.1 Å². The molecule has 1 aromatic rings. The minimum Gasteiger partial charge on any atom is -0.368 e. The van der Waals surface area contributed by atoms with E-state index in [0.717, 1.165) is 38.0 Å². The Labute approximate surface area is 186 Å². The van der Waals surface area contributed by atoms with Gasteiger partial charge in [-0.15, -0.1) is 5.53 Å². The number of pyridine rings is 1. The lowest BCUT2D eigenvalue weighted by Gasteiger charge is -2.51. The van der Waals surface area contributed by atoms with Crippen LogP contribution >= 0.6 is 0 Å². The number of anilines is 2. The molecule has 3 unspecified atom stereocenters. The number of nitrogens with zero attached hydrogens (tertiary/aromatic N) is 3. The molecule has 3 fully saturated rings. The van der Waals surface area contributed by atoms with E-state index >= 15 is 0 Å². The third kappa shape index (κ3) is 3.86. The summed E-state index contributed by atoms with van der Waals surface area (Å²) in [5.41, 5.74) is 8.08. The first kappa shape index (κ1) is 16.9. The van der Waals surface area contributed by atoms with Gasteiger partial charge in [0.25, 0.3) is 0 Å². The molecule has 0 bridgehead atoms. The molecule has 2 saturated heterocycles. The number of fused-ring (bicyclic) bond motifs is 3. The van der Waals surface area contributed by atoms with E-state index in [2.05, 4.69) is 48.9 Å². The van der Waals surface area contributed by atoms with Crippen LogP contribution in [-0.2, 0) is 4.79 Å². The van der Waals surface area contributed by atoms with Crippen LogP contribution in [0.1, 0.15) is 47.0 Å². The van der Waals surface area contributed by atoms with Crippen LogP contribution in [-0.4, -0.2) is 65.0 Å². The number of carbonyl (C=O) groups is 2.